The van der Waals surface area contributed by atoms with E-state index in [0.29, 0.717) is 12.1 Å². The highest BCUT2D eigenvalue weighted by atomic mass is 19.4. The third-order valence-corrected chi connectivity index (χ3v) is 5.89. The standard InChI is InChI=1S/C24H21F6N5O2/c25-16-11-18(27)17(26)9-14(16)8-15(31)10-20(36)34-6-7-35-19(12-34)21(33-23(35)24(28,29)30)32-22(37)13-4-2-1-3-5-13/h1-5,9,11,15H,6-8,10,12,31H2,(H,32,37)/t15-/m1/s1. The zero-order valence-corrected chi connectivity index (χ0v) is 19.2. The number of anilines is 1. The van der Waals surface area contributed by atoms with E-state index in [2.05, 4.69) is 10.3 Å². The number of carbonyl (C=O) groups is 2. The fraction of sp³-hybridized carbons (Fsp3) is 0.292. The maximum atomic E-state index is 13.9. The lowest BCUT2D eigenvalue weighted by atomic mass is 10.0. The fourth-order valence-electron chi connectivity index (χ4n) is 4.09. The number of hydrogen-bond acceptors (Lipinski definition) is 4. The zero-order chi connectivity index (χ0) is 26.9. The number of carbonyl (C=O) groups excluding carboxylic acids is 2. The summed E-state index contributed by atoms with van der Waals surface area (Å²) in [6, 6.07) is 7.89. The average Bonchev–Trinajstić information content (AvgIpc) is 3.21. The van der Waals surface area contributed by atoms with Crippen LogP contribution in [0.25, 0.3) is 0 Å². The second kappa shape index (κ2) is 10.2. The van der Waals surface area contributed by atoms with Crippen molar-refractivity contribution in [3.8, 4) is 0 Å². The highest BCUT2D eigenvalue weighted by Gasteiger charge is 2.41. The van der Waals surface area contributed by atoms with Gasteiger partial charge in [-0.25, -0.2) is 18.2 Å². The Hall–Kier alpha value is -3.87. The number of rotatable bonds is 6. The topological polar surface area (TPSA) is 93.2 Å². The van der Waals surface area contributed by atoms with Crippen molar-refractivity contribution in [2.75, 3.05) is 11.9 Å². The SMILES string of the molecule is N[C@@H](CC(=O)N1CCn2c(C(F)(F)F)nc(NC(=O)c3ccccc3)c2C1)Cc1cc(F)c(F)cc1F. The van der Waals surface area contributed by atoms with Crippen LogP contribution < -0.4 is 11.1 Å². The molecule has 1 aliphatic rings. The molecule has 1 atom stereocenters. The molecule has 13 heteroatoms. The molecule has 0 radical (unpaired) electrons. The zero-order valence-electron chi connectivity index (χ0n) is 19.2. The van der Waals surface area contributed by atoms with Crippen LogP contribution in [0.3, 0.4) is 0 Å². The maximum Gasteiger partial charge on any atom is 0.449 e. The van der Waals surface area contributed by atoms with Gasteiger partial charge in [-0.15, -0.1) is 0 Å². The second-order valence-electron chi connectivity index (χ2n) is 8.54. The van der Waals surface area contributed by atoms with Gasteiger partial charge in [0, 0.05) is 37.2 Å². The Morgan fingerprint density at radius 2 is 1.70 bits per heavy atom. The van der Waals surface area contributed by atoms with E-state index >= 15 is 0 Å². The van der Waals surface area contributed by atoms with E-state index < -0.39 is 47.3 Å². The Bertz CT molecular complexity index is 1330. The molecule has 0 aliphatic carbocycles. The average molecular weight is 525 g/mol. The summed E-state index contributed by atoms with van der Waals surface area (Å²) in [4.78, 5) is 30.2. The number of nitrogens with zero attached hydrogens (tertiary/aromatic N) is 3. The van der Waals surface area contributed by atoms with E-state index in [4.69, 9.17) is 5.73 Å². The molecule has 2 aromatic carbocycles. The minimum absolute atomic E-state index is 0.0172. The van der Waals surface area contributed by atoms with Crippen LogP contribution in [-0.4, -0.2) is 38.9 Å². The summed E-state index contributed by atoms with van der Waals surface area (Å²) in [6.07, 6.45) is -5.39. The van der Waals surface area contributed by atoms with Crippen LogP contribution in [0, 0.1) is 17.5 Å². The van der Waals surface area contributed by atoms with E-state index in [-0.39, 0.29) is 55.1 Å². The number of amides is 2. The smallest absolute Gasteiger partial charge is 0.335 e. The van der Waals surface area contributed by atoms with Crippen molar-refractivity contribution in [3.05, 3.63) is 82.6 Å². The first-order valence-electron chi connectivity index (χ1n) is 11.1. The number of aromatic nitrogens is 2. The van der Waals surface area contributed by atoms with Crippen LogP contribution >= 0.6 is 0 Å². The van der Waals surface area contributed by atoms with Gasteiger partial charge in [0.25, 0.3) is 5.91 Å². The van der Waals surface area contributed by atoms with Crippen LogP contribution in [0.4, 0.5) is 32.2 Å². The maximum absolute atomic E-state index is 13.9. The van der Waals surface area contributed by atoms with Gasteiger partial charge < -0.3 is 20.5 Å². The van der Waals surface area contributed by atoms with Gasteiger partial charge in [0.05, 0.1) is 12.2 Å². The van der Waals surface area contributed by atoms with Gasteiger partial charge in [0.2, 0.25) is 11.7 Å². The predicted molar refractivity (Wildman–Crippen MR) is 120 cm³/mol. The normalized spacial score (nSPS) is 14.3. The number of fused-ring (bicyclic) bond motifs is 1. The molecule has 1 aliphatic heterocycles. The number of benzene rings is 2. The molecule has 3 N–H and O–H groups in total. The van der Waals surface area contributed by atoms with Crippen LogP contribution in [-0.2, 0) is 30.5 Å². The molecule has 2 amide bonds. The van der Waals surface area contributed by atoms with Gasteiger partial charge in [-0.2, -0.15) is 13.2 Å². The minimum Gasteiger partial charge on any atom is -0.335 e. The van der Waals surface area contributed by atoms with Crippen LogP contribution in [0.2, 0.25) is 0 Å². The second-order valence-corrected chi connectivity index (χ2v) is 8.54. The lowest BCUT2D eigenvalue weighted by Crippen LogP contribution is -2.42. The highest BCUT2D eigenvalue weighted by Crippen LogP contribution is 2.34. The summed E-state index contributed by atoms with van der Waals surface area (Å²) in [7, 11) is 0. The predicted octanol–water partition coefficient (Wildman–Crippen LogP) is 3.87. The highest BCUT2D eigenvalue weighted by molar-refractivity contribution is 6.04. The van der Waals surface area contributed by atoms with E-state index in [0.717, 1.165) is 4.57 Å². The van der Waals surface area contributed by atoms with Crippen molar-refractivity contribution in [2.45, 2.75) is 38.1 Å². The molecule has 37 heavy (non-hydrogen) atoms. The summed E-state index contributed by atoms with van der Waals surface area (Å²) in [5, 5.41) is 2.39. The molecule has 7 nitrogen and oxygen atoms in total. The molecule has 0 saturated carbocycles. The molecule has 0 fully saturated rings. The van der Waals surface area contributed by atoms with Crippen LogP contribution in [0.5, 0.6) is 0 Å². The number of hydrogen-bond donors (Lipinski definition) is 2. The van der Waals surface area contributed by atoms with Gasteiger partial charge in [0.1, 0.15) is 5.82 Å². The molecule has 3 aromatic rings. The summed E-state index contributed by atoms with van der Waals surface area (Å²) in [5.41, 5.74) is 5.91. The molecule has 0 spiro atoms. The molecule has 0 bridgehead atoms. The third-order valence-electron chi connectivity index (χ3n) is 5.89. The molecule has 196 valence electrons. The lowest BCUT2D eigenvalue weighted by molar-refractivity contribution is -0.148. The Balaban J connectivity index is 1.50. The molecule has 0 saturated heterocycles. The van der Waals surface area contributed by atoms with Gasteiger partial charge >= 0.3 is 6.18 Å². The van der Waals surface area contributed by atoms with Crippen molar-refractivity contribution in [2.24, 2.45) is 5.73 Å². The van der Waals surface area contributed by atoms with Crippen molar-refractivity contribution in [1.29, 1.82) is 0 Å². The summed E-state index contributed by atoms with van der Waals surface area (Å²) >= 11 is 0. The van der Waals surface area contributed by atoms with Crippen molar-refractivity contribution >= 4 is 17.6 Å². The van der Waals surface area contributed by atoms with Crippen molar-refractivity contribution in [1.82, 2.24) is 14.5 Å². The Morgan fingerprint density at radius 3 is 2.38 bits per heavy atom. The number of imidazole rings is 1. The first-order valence-corrected chi connectivity index (χ1v) is 11.1. The number of alkyl halides is 3. The first-order chi connectivity index (χ1) is 17.4. The minimum atomic E-state index is -4.80. The Kier molecular flexibility index (Phi) is 7.25. The van der Waals surface area contributed by atoms with E-state index in [1.165, 1.54) is 17.0 Å². The largest absolute Gasteiger partial charge is 0.449 e. The lowest BCUT2D eigenvalue weighted by Gasteiger charge is -2.30. The van der Waals surface area contributed by atoms with Gasteiger partial charge in [-0.1, -0.05) is 18.2 Å². The molecule has 4 rings (SSSR count). The van der Waals surface area contributed by atoms with Crippen molar-refractivity contribution in [3.63, 3.8) is 0 Å². The monoisotopic (exact) mass is 525 g/mol. The fourth-order valence-corrected chi connectivity index (χ4v) is 4.09. The number of halogens is 6. The third kappa shape index (κ3) is 5.77. The summed E-state index contributed by atoms with van der Waals surface area (Å²) in [6.45, 7) is -0.626. The molecule has 1 aromatic heterocycles. The summed E-state index contributed by atoms with van der Waals surface area (Å²) < 4.78 is 82.2. The van der Waals surface area contributed by atoms with E-state index in [9.17, 15) is 35.9 Å². The van der Waals surface area contributed by atoms with Gasteiger partial charge in [-0.3, -0.25) is 9.59 Å². The van der Waals surface area contributed by atoms with Gasteiger partial charge in [-0.05, 0) is 30.2 Å². The van der Waals surface area contributed by atoms with Crippen LogP contribution in [0.1, 0.15) is 33.9 Å². The first kappa shape index (κ1) is 26.2. The van der Waals surface area contributed by atoms with E-state index in [1.54, 1.807) is 18.2 Å². The number of nitrogens with two attached hydrogens (primary N) is 1. The van der Waals surface area contributed by atoms with Crippen LogP contribution in [0.15, 0.2) is 42.5 Å². The number of nitrogens with one attached hydrogen (secondary N) is 1. The quantitative estimate of drug-likeness (QED) is 0.378. The van der Waals surface area contributed by atoms with Crippen molar-refractivity contribution < 1.29 is 35.9 Å². The molecular formula is C24H21F6N5O2. The van der Waals surface area contributed by atoms with E-state index in [1.807, 2.05) is 0 Å². The Labute approximate surface area is 206 Å². The van der Waals surface area contributed by atoms with Gasteiger partial charge in [0.15, 0.2) is 17.5 Å². The molecular weight excluding hydrogens is 504 g/mol. The Morgan fingerprint density at radius 1 is 1.03 bits per heavy atom. The molecule has 0 unspecified atom stereocenters. The molecule has 2 heterocycles. The summed E-state index contributed by atoms with van der Waals surface area (Å²) in [5.74, 6) is -6.38.